The summed E-state index contributed by atoms with van der Waals surface area (Å²) in [6.07, 6.45) is 7.48. The Morgan fingerprint density at radius 3 is 2.34 bits per heavy atom. The molecule has 0 radical (unpaired) electrons. The fourth-order valence-corrected chi connectivity index (χ4v) is 5.22. The van der Waals surface area contributed by atoms with Crippen molar-refractivity contribution in [3.05, 3.63) is 35.4 Å². The van der Waals surface area contributed by atoms with Gasteiger partial charge in [-0.3, -0.25) is 14.4 Å². The first-order valence-electron chi connectivity index (χ1n) is 12.5. The number of rotatable bonds is 7. The van der Waals surface area contributed by atoms with Crippen LogP contribution in [0, 0.1) is 17.8 Å². The Labute approximate surface area is 194 Å². The predicted molar refractivity (Wildman–Crippen MR) is 130 cm³/mol. The average molecular weight is 443 g/mol. The molecule has 0 aromatic heterocycles. The van der Waals surface area contributed by atoms with Gasteiger partial charge in [0.2, 0.25) is 5.91 Å². The molecule has 2 amide bonds. The van der Waals surface area contributed by atoms with Gasteiger partial charge in [-0.25, -0.2) is 0 Å². The van der Waals surface area contributed by atoms with Gasteiger partial charge >= 0.3 is 0 Å². The smallest absolute Gasteiger partial charge is 0.251 e. The molecule has 1 saturated carbocycles. The van der Waals surface area contributed by atoms with Crippen molar-refractivity contribution in [1.82, 2.24) is 10.2 Å². The molecule has 1 aliphatic heterocycles. The summed E-state index contributed by atoms with van der Waals surface area (Å²) in [4.78, 5) is 40.6. The van der Waals surface area contributed by atoms with E-state index >= 15 is 0 Å². The summed E-state index contributed by atoms with van der Waals surface area (Å²) in [5.74, 6) is 0.553. The number of nitrogens with one attached hydrogen (secondary N) is 1. The summed E-state index contributed by atoms with van der Waals surface area (Å²) >= 11 is 0. The van der Waals surface area contributed by atoms with Crippen LogP contribution in [0.25, 0.3) is 0 Å². The van der Waals surface area contributed by atoms with Crippen molar-refractivity contribution in [3.63, 3.8) is 0 Å². The van der Waals surface area contributed by atoms with Crippen LogP contribution in [0.2, 0.25) is 0 Å². The third-order valence-electron chi connectivity index (χ3n) is 7.13. The van der Waals surface area contributed by atoms with Gasteiger partial charge in [-0.15, -0.1) is 0 Å². The normalized spacial score (nSPS) is 20.9. The SMILES string of the molecule is CC(C)C(=O)[C@H](NC(=O)c1cccc(C2CCCN(C(=O)C(C)C)C2)c1)C1CCCCC1.[HH]. The molecular formula is C27H42N2O3. The van der Waals surface area contributed by atoms with Gasteiger partial charge in [0.15, 0.2) is 5.78 Å². The molecule has 2 atom stereocenters. The van der Waals surface area contributed by atoms with E-state index in [1.807, 2.05) is 50.8 Å². The summed E-state index contributed by atoms with van der Waals surface area (Å²) in [6, 6.07) is 7.37. The van der Waals surface area contributed by atoms with Gasteiger partial charge in [-0.05, 0) is 49.3 Å². The lowest BCUT2D eigenvalue weighted by atomic mass is 9.80. The van der Waals surface area contributed by atoms with Crippen molar-refractivity contribution < 1.29 is 15.8 Å². The Balaban J connectivity index is 0.00000385. The zero-order valence-corrected chi connectivity index (χ0v) is 20.2. The van der Waals surface area contributed by atoms with E-state index in [1.54, 1.807) is 0 Å². The minimum Gasteiger partial charge on any atom is -0.342 e. The van der Waals surface area contributed by atoms with E-state index in [-0.39, 0.29) is 42.7 Å². The summed E-state index contributed by atoms with van der Waals surface area (Å²) < 4.78 is 0. The Morgan fingerprint density at radius 2 is 1.69 bits per heavy atom. The highest BCUT2D eigenvalue weighted by molar-refractivity contribution is 5.98. The second kappa shape index (κ2) is 11.1. The number of amides is 2. The van der Waals surface area contributed by atoms with Gasteiger partial charge in [-0.1, -0.05) is 59.1 Å². The van der Waals surface area contributed by atoms with Crippen molar-refractivity contribution in [3.8, 4) is 0 Å². The Bertz CT molecular complexity index is 817. The lowest BCUT2D eigenvalue weighted by Gasteiger charge is -2.34. The minimum atomic E-state index is -0.403. The predicted octanol–water partition coefficient (Wildman–Crippen LogP) is 5.20. The van der Waals surface area contributed by atoms with Crippen LogP contribution in [-0.4, -0.2) is 41.6 Å². The van der Waals surface area contributed by atoms with Crippen molar-refractivity contribution >= 4 is 17.6 Å². The van der Waals surface area contributed by atoms with Crippen LogP contribution in [0.1, 0.15) is 95.9 Å². The molecule has 0 spiro atoms. The molecule has 1 aliphatic carbocycles. The van der Waals surface area contributed by atoms with E-state index < -0.39 is 6.04 Å². The largest absolute Gasteiger partial charge is 0.342 e. The summed E-state index contributed by atoms with van der Waals surface area (Å²) in [5.41, 5.74) is 1.70. The number of likely N-dealkylation sites (tertiary alicyclic amines) is 1. The highest BCUT2D eigenvalue weighted by atomic mass is 16.2. The zero-order chi connectivity index (χ0) is 23.3. The number of carbonyl (C=O) groups excluding carboxylic acids is 3. The van der Waals surface area contributed by atoms with Crippen molar-refractivity contribution in [2.45, 2.75) is 84.6 Å². The summed E-state index contributed by atoms with van der Waals surface area (Å²) in [5, 5.41) is 3.10. The fourth-order valence-electron chi connectivity index (χ4n) is 5.22. The van der Waals surface area contributed by atoms with E-state index in [4.69, 9.17) is 0 Å². The number of nitrogens with zero attached hydrogens (tertiary/aromatic N) is 1. The number of carbonyl (C=O) groups is 3. The molecule has 1 heterocycles. The Hall–Kier alpha value is -2.17. The minimum absolute atomic E-state index is 0. The third kappa shape index (κ3) is 5.99. The Kier molecular flexibility index (Phi) is 8.50. The number of piperidine rings is 1. The number of Topliss-reactive ketones (excluding diaryl/α,β-unsaturated/α-hetero) is 1. The lowest BCUT2D eigenvalue weighted by molar-refractivity contribution is -0.135. The van der Waals surface area contributed by atoms with E-state index in [0.717, 1.165) is 50.6 Å². The molecule has 1 aromatic carbocycles. The second-order valence-corrected chi connectivity index (χ2v) is 10.3. The van der Waals surface area contributed by atoms with E-state index in [1.165, 1.54) is 6.42 Å². The highest BCUT2D eigenvalue weighted by Gasteiger charge is 2.32. The number of ketones is 1. The van der Waals surface area contributed by atoms with Crippen molar-refractivity contribution in [2.24, 2.45) is 17.8 Å². The van der Waals surface area contributed by atoms with Crippen molar-refractivity contribution in [2.75, 3.05) is 13.1 Å². The summed E-state index contributed by atoms with van der Waals surface area (Å²) in [6.45, 7) is 9.24. The number of benzene rings is 1. The molecule has 1 unspecified atom stereocenters. The van der Waals surface area contributed by atoms with Gasteiger partial charge in [-0.2, -0.15) is 0 Å². The first kappa shape index (κ1) is 24.5. The van der Waals surface area contributed by atoms with Gasteiger partial charge in [0.1, 0.15) is 0 Å². The first-order valence-corrected chi connectivity index (χ1v) is 12.5. The van der Waals surface area contributed by atoms with Crippen LogP contribution in [0.15, 0.2) is 24.3 Å². The van der Waals surface area contributed by atoms with E-state index in [0.29, 0.717) is 12.1 Å². The Morgan fingerprint density at radius 1 is 0.969 bits per heavy atom. The maximum atomic E-state index is 13.2. The molecular weight excluding hydrogens is 400 g/mol. The van der Waals surface area contributed by atoms with Crippen LogP contribution in [0.5, 0.6) is 0 Å². The molecule has 1 aromatic rings. The molecule has 2 aliphatic rings. The first-order chi connectivity index (χ1) is 15.3. The molecule has 3 rings (SSSR count). The third-order valence-corrected chi connectivity index (χ3v) is 7.13. The van der Waals surface area contributed by atoms with Crippen molar-refractivity contribution in [1.29, 1.82) is 0 Å². The lowest BCUT2D eigenvalue weighted by Crippen LogP contribution is -2.48. The molecule has 1 saturated heterocycles. The molecule has 32 heavy (non-hydrogen) atoms. The van der Waals surface area contributed by atoms with E-state index in [2.05, 4.69) is 11.4 Å². The van der Waals surface area contributed by atoms with Crippen LogP contribution in [0.3, 0.4) is 0 Å². The molecule has 5 heteroatoms. The standard InChI is InChI=1S/C27H40N2O3.H2/c1-18(2)25(30)24(20-10-6-5-7-11-20)28-26(31)22-13-8-12-21(16-22)23-14-9-15-29(17-23)27(32)19(3)4;/h8,12-13,16,18-20,23-24H,5-7,9-11,14-15,17H2,1-4H3,(H,28,31);1H/t23?,24-;/m1./s1. The van der Waals surface area contributed by atoms with Crippen LogP contribution in [-0.2, 0) is 9.59 Å². The molecule has 2 fully saturated rings. The second-order valence-electron chi connectivity index (χ2n) is 10.3. The van der Waals surface area contributed by atoms with Crippen LogP contribution >= 0.6 is 0 Å². The molecule has 1 N–H and O–H groups in total. The monoisotopic (exact) mass is 442 g/mol. The van der Waals surface area contributed by atoms with Gasteiger partial charge in [0.05, 0.1) is 6.04 Å². The van der Waals surface area contributed by atoms with Gasteiger partial charge in [0, 0.05) is 37.8 Å². The fraction of sp³-hybridized carbons (Fsp3) is 0.667. The number of hydrogen-bond donors (Lipinski definition) is 1. The topological polar surface area (TPSA) is 66.5 Å². The maximum absolute atomic E-state index is 13.2. The maximum Gasteiger partial charge on any atom is 0.251 e. The summed E-state index contributed by atoms with van der Waals surface area (Å²) in [7, 11) is 0. The van der Waals surface area contributed by atoms with Crippen LogP contribution < -0.4 is 5.32 Å². The van der Waals surface area contributed by atoms with Crippen LogP contribution in [0.4, 0.5) is 0 Å². The highest BCUT2D eigenvalue weighted by Crippen LogP contribution is 2.30. The molecule has 178 valence electrons. The van der Waals surface area contributed by atoms with E-state index in [9.17, 15) is 14.4 Å². The van der Waals surface area contributed by atoms with Gasteiger partial charge < -0.3 is 10.2 Å². The molecule has 5 nitrogen and oxygen atoms in total. The average Bonchev–Trinajstić information content (AvgIpc) is 2.82. The zero-order valence-electron chi connectivity index (χ0n) is 20.2. The quantitative estimate of drug-likeness (QED) is 0.631. The van der Waals surface area contributed by atoms with Gasteiger partial charge in [0.25, 0.3) is 5.91 Å². The number of hydrogen-bond acceptors (Lipinski definition) is 3. The molecule has 0 bridgehead atoms.